The third kappa shape index (κ3) is 5.58. The number of nitrogens with one attached hydrogen (secondary N) is 2. The molecule has 2 bridgehead atoms. The van der Waals surface area contributed by atoms with Crippen LogP contribution in [0.3, 0.4) is 0 Å². The van der Waals surface area contributed by atoms with E-state index in [1.165, 1.54) is 37.0 Å². The van der Waals surface area contributed by atoms with Gasteiger partial charge < -0.3 is 15.4 Å². The van der Waals surface area contributed by atoms with E-state index in [1.807, 2.05) is 0 Å². The molecule has 1 aliphatic heterocycles. The Morgan fingerprint density at radius 3 is 2.77 bits per heavy atom. The highest BCUT2D eigenvalue weighted by atomic mass is 32.2. The van der Waals surface area contributed by atoms with Crippen LogP contribution in [0, 0.1) is 11.8 Å². The maximum Gasteiger partial charge on any atom is 0.252 e. The SMILES string of the molecule is COc1cccc(C(=O)NCc2ccc(S(=O)(=O)N3CCCC(N[C@@H]4C[C@@H]5CC[C@@H]4C5)CC3)s2)c1. The molecule has 9 heteroatoms. The highest BCUT2D eigenvalue weighted by Crippen LogP contribution is 2.44. The third-order valence-electron chi connectivity index (χ3n) is 7.86. The van der Waals surface area contributed by atoms with Crippen molar-refractivity contribution < 1.29 is 17.9 Å². The number of ether oxygens (including phenoxy) is 1. The van der Waals surface area contributed by atoms with E-state index in [-0.39, 0.29) is 12.5 Å². The van der Waals surface area contributed by atoms with E-state index in [1.54, 1.807) is 47.8 Å². The number of rotatable bonds is 8. The number of hydrogen-bond donors (Lipinski definition) is 2. The molecular weight excluding hydrogens is 482 g/mol. The minimum Gasteiger partial charge on any atom is -0.497 e. The first-order chi connectivity index (χ1) is 16.9. The zero-order chi connectivity index (χ0) is 24.4. The van der Waals surface area contributed by atoms with E-state index >= 15 is 0 Å². The van der Waals surface area contributed by atoms with Crippen LogP contribution in [-0.4, -0.2) is 50.9 Å². The van der Waals surface area contributed by atoms with Gasteiger partial charge in [0.15, 0.2) is 0 Å². The first-order valence-electron chi connectivity index (χ1n) is 12.7. The van der Waals surface area contributed by atoms with Crippen molar-refractivity contribution in [2.45, 2.75) is 67.8 Å². The summed E-state index contributed by atoms with van der Waals surface area (Å²) in [4.78, 5) is 13.3. The molecule has 2 heterocycles. The summed E-state index contributed by atoms with van der Waals surface area (Å²) >= 11 is 1.24. The minimum atomic E-state index is -3.53. The number of methoxy groups -OCH3 is 1. The normalized spacial score (nSPS) is 27.0. The Balaban J connectivity index is 1.15. The summed E-state index contributed by atoms with van der Waals surface area (Å²) in [7, 11) is -1.97. The largest absolute Gasteiger partial charge is 0.497 e. The molecule has 2 saturated carbocycles. The maximum atomic E-state index is 13.4. The van der Waals surface area contributed by atoms with Crippen LogP contribution in [0.5, 0.6) is 5.75 Å². The van der Waals surface area contributed by atoms with E-state index in [0.717, 1.165) is 36.0 Å². The van der Waals surface area contributed by atoms with Crippen LogP contribution in [-0.2, 0) is 16.6 Å². The first kappa shape index (κ1) is 24.7. The van der Waals surface area contributed by atoms with Crippen molar-refractivity contribution in [3.05, 3.63) is 46.8 Å². The van der Waals surface area contributed by atoms with Crippen molar-refractivity contribution in [3.63, 3.8) is 0 Å². The van der Waals surface area contributed by atoms with E-state index in [2.05, 4.69) is 10.6 Å². The highest BCUT2D eigenvalue weighted by Gasteiger charge is 2.40. The molecule has 1 amide bonds. The summed E-state index contributed by atoms with van der Waals surface area (Å²) in [5.74, 6) is 2.14. The Hall–Kier alpha value is -1.94. The fraction of sp³-hybridized carbons (Fsp3) is 0.577. The van der Waals surface area contributed by atoms with E-state index < -0.39 is 10.0 Å². The number of carbonyl (C=O) groups excluding carboxylic acids is 1. The lowest BCUT2D eigenvalue weighted by molar-refractivity contribution is 0.0951. The maximum absolute atomic E-state index is 13.4. The molecule has 3 fully saturated rings. The average Bonchev–Trinajstić information content (AvgIpc) is 3.58. The molecule has 35 heavy (non-hydrogen) atoms. The van der Waals surface area contributed by atoms with Gasteiger partial charge in [0.05, 0.1) is 13.7 Å². The molecule has 5 rings (SSSR count). The monoisotopic (exact) mass is 517 g/mol. The quantitative estimate of drug-likeness (QED) is 0.553. The number of sulfonamides is 1. The molecule has 1 saturated heterocycles. The number of nitrogens with zero attached hydrogens (tertiary/aromatic N) is 1. The number of thiophene rings is 1. The van der Waals surface area contributed by atoms with Crippen LogP contribution in [0.15, 0.2) is 40.6 Å². The Morgan fingerprint density at radius 2 is 2.00 bits per heavy atom. The lowest BCUT2D eigenvalue weighted by Gasteiger charge is -2.28. The lowest BCUT2D eigenvalue weighted by Crippen LogP contribution is -2.42. The smallest absolute Gasteiger partial charge is 0.252 e. The molecule has 190 valence electrons. The van der Waals surface area contributed by atoms with E-state index in [0.29, 0.717) is 40.7 Å². The highest BCUT2D eigenvalue weighted by molar-refractivity contribution is 7.91. The van der Waals surface area contributed by atoms with Gasteiger partial charge in [0.1, 0.15) is 9.96 Å². The van der Waals surface area contributed by atoms with Gasteiger partial charge in [-0.15, -0.1) is 11.3 Å². The predicted octanol–water partition coefficient (Wildman–Crippen LogP) is 4.01. The molecule has 1 aromatic carbocycles. The van der Waals surface area contributed by atoms with Gasteiger partial charge in [-0.1, -0.05) is 12.5 Å². The molecule has 7 nitrogen and oxygen atoms in total. The molecule has 0 spiro atoms. The second kappa shape index (κ2) is 10.6. The summed E-state index contributed by atoms with van der Waals surface area (Å²) in [6, 6.07) is 11.5. The standard InChI is InChI=1S/C26H35N3O4S2/c1-33-22-6-2-4-20(16-22)26(30)27-17-23-9-10-25(34-23)35(31,32)29-12-3-5-21(11-13-29)28-24-15-18-7-8-19(24)14-18/h2,4,6,9-10,16,18-19,21,24,28H,3,5,7-8,11-15,17H2,1H3,(H,27,30)/t18-,19-,21?,24-/m1/s1. The molecule has 3 aliphatic rings. The van der Waals surface area contributed by atoms with Crippen LogP contribution in [0.25, 0.3) is 0 Å². The van der Waals surface area contributed by atoms with Gasteiger partial charge in [-0.2, -0.15) is 4.31 Å². The molecule has 0 radical (unpaired) electrons. The Labute approximate surface area is 212 Å². The summed E-state index contributed by atoms with van der Waals surface area (Å²) in [6.45, 7) is 1.41. The van der Waals surface area contributed by atoms with Crippen LogP contribution in [0.4, 0.5) is 0 Å². The number of hydrogen-bond acceptors (Lipinski definition) is 6. The summed E-state index contributed by atoms with van der Waals surface area (Å²) in [5, 5.41) is 6.76. The molecule has 2 N–H and O–H groups in total. The average molecular weight is 518 g/mol. The van der Waals surface area contributed by atoms with Crippen molar-refractivity contribution in [1.29, 1.82) is 0 Å². The molecule has 2 aliphatic carbocycles. The summed E-state index contributed by atoms with van der Waals surface area (Å²) in [5.41, 5.74) is 0.506. The zero-order valence-corrected chi connectivity index (χ0v) is 21.9. The van der Waals surface area contributed by atoms with E-state index in [9.17, 15) is 13.2 Å². The lowest BCUT2D eigenvalue weighted by atomic mass is 9.94. The van der Waals surface area contributed by atoms with Gasteiger partial charge in [0, 0.05) is 35.6 Å². The Morgan fingerprint density at radius 1 is 1.11 bits per heavy atom. The van der Waals surface area contributed by atoms with Gasteiger partial charge in [-0.3, -0.25) is 4.79 Å². The first-order valence-corrected chi connectivity index (χ1v) is 14.9. The molecule has 4 atom stereocenters. The molecule has 2 aromatic rings. The van der Waals surface area contributed by atoms with Crippen molar-refractivity contribution >= 4 is 27.3 Å². The zero-order valence-electron chi connectivity index (χ0n) is 20.2. The van der Waals surface area contributed by atoms with Gasteiger partial charge in [-0.25, -0.2) is 8.42 Å². The summed E-state index contributed by atoms with van der Waals surface area (Å²) < 4.78 is 33.9. The van der Waals surface area contributed by atoms with Crippen molar-refractivity contribution in [2.24, 2.45) is 11.8 Å². The van der Waals surface area contributed by atoms with Gasteiger partial charge in [-0.05, 0) is 80.7 Å². The van der Waals surface area contributed by atoms with Crippen LogP contribution in [0.2, 0.25) is 0 Å². The summed E-state index contributed by atoms with van der Waals surface area (Å²) in [6.07, 6.45) is 8.21. The Bertz CT molecular complexity index is 1150. The van der Waals surface area contributed by atoms with Crippen LogP contribution >= 0.6 is 11.3 Å². The van der Waals surface area contributed by atoms with Gasteiger partial charge in [0.25, 0.3) is 15.9 Å². The topological polar surface area (TPSA) is 87.7 Å². The number of fused-ring (bicyclic) bond motifs is 2. The van der Waals surface area contributed by atoms with E-state index in [4.69, 9.17) is 4.74 Å². The molecule has 1 aromatic heterocycles. The third-order valence-corrected chi connectivity index (χ3v) is 11.3. The van der Waals surface area contributed by atoms with Crippen LogP contribution in [0.1, 0.15) is 60.2 Å². The van der Waals surface area contributed by atoms with Crippen molar-refractivity contribution in [3.8, 4) is 5.75 Å². The fourth-order valence-electron chi connectivity index (χ4n) is 5.98. The fourth-order valence-corrected chi connectivity index (χ4v) is 8.92. The minimum absolute atomic E-state index is 0.219. The van der Waals surface area contributed by atoms with Crippen molar-refractivity contribution in [1.82, 2.24) is 14.9 Å². The predicted molar refractivity (Wildman–Crippen MR) is 137 cm³/mol. The Kier molecular flexibility index (Phi) is 7.48. The van der Waals surface area contributed by atoms with Gasteiger partial charge in [0.2, 0.25) is 0 Å². The molecule has 1 unspecified atom stereocenters. The number of carbonyl (C=O) groups is 1. The second-order valence-electron chi connectivity index (χ2n) is 10.1. The number of benzene rings is 1. The van der Waals surface area contributed by atoms with Gasteiger partial charge >= 0.3 is 0 Å². The van der Waals surface area contributed by atoms with Crippen molar-refractivity contribution in [2.75, 3.05) is 20.2 Å². The van der Waals surface area contributed by atoms with Crippen LogP contribution < -0.4 is 15.4 Å². The molecular formula is C26H35N3O4S2. The number of amides is 1. The second-order valence-corrected chi connectivity index (χ2v) is 13.4.